The fourth-order valence-corrected chi connectivity index (χ4v) is 4.90. The van der Waals surface area contributed by atoms with Crippen LogP contribution in [0.25, 0.3) is 22.2 Å². The maximum Gasteiger partial charge on any atom is 0.274 e. The van der Waals surface area contributed by atoms with Crippen molar-refractivity contribution in [2.45, 2.75) is 13.0 Å². The molecule has 0 spiro atoms. The monoisotopic (exact) mass is 595 g/mol. The molecular weight excluding hydrogens is 558 g/mol. The van der Waals surface area contributed by atoms with Gasteiger partial charge in [-0.3, -0.25) is 4.79 Å². The Balaban J connectivity index is 1.50. The minimum atomic E-state index is -0.360. The number of aliphatic hydroxyl groups is 1. The zero-order chi connectivity index (χ0) is 31.1. The number of benzene rings is 2. The van der Waals surface area contributed by atoms with Gasteiger partial charge in [-0.1, -0.05) is 18.2 Å². The molecule has 0 bridgehead atoms. The summed E-state index contributed by atoms with van der Waals surface area (Å²) in [5.74, 6) is 0.572. The maximum absolute atomic E-state index is 13.1. The van der Waals surface area contributed by atoms with Gasteiger partial charge in [-0.2, -0.15) is 0 Å². The number of carbonyl (C=O) groups excluding carboxylic acids is 1. The molecule has 0 atom stereocenters. The summed E-state index contributed by atoms with van der Waals surface area (Å²) in [6, 6.07) is 15.3. The summed E-state index contributed by atoms with van der Waals surface area (Å²) in [5, 5.41) is 16.8. The van der Waals surface area contributed by atoms with Gasteiger partial charge in [0.05, 0.1) is 29.9 Å². The van der Waals surface area contributed by atoms with E-state index in [0.717, 1.165) is 40.9 Å². The summed E-state index contributed by atoms with van der Waals surface area (Å²) in [4.78, 5) is 34.6. The Kier molecular flexibility index (Phi) is 9.62. The number of methoxy groups -OCH3 is 1. The first-order valence-corrected chi connectivity index (χ1v) is 14.3. The topological polar surface area (TPSA) is 134 Å². The number of aromatic nitrogens is 5. The van der Waals surface area contributed by atoms with Crippen LogP contribution in [-0.4, -0.2) is 88.4 Å². The Bertz CT molecular complexity index is 1720. The van der Waals surface area contributed by atoms with E-state index in [1.165, 1.54) is 12.5 Å². The molecule has 0 aliphatic heterocycles. The SMILES string of the molecule is COc1cc(N(C)CCN(C)C)c(NC(=O)c2ccncn2)cc1Nc1nccc(-c2cn(CCCO)c3ccccc23)n1. The third-order valence-electron chi connectivity index (χ3n) is 7.20. The summed E-state index contributed by atoms with van der Waals surface area (Å²) >= 11 is 0. The lowest BCUT2D eigenvalue weighted by molar-refractivity contribution is 0.102. The molecule has 0 unspecified atom stereocenters. The third kappa shape index (κ3) is 6.93. The number of nitrogens with one attached hydrogen (secondary N) is 2. The molecule has 1 amide bonds. The van der Waals surface area contributed by atoms with E-state index >= 15 is 0 Å². The zero-order valence-corrected chi connectivity index (χ0v) is 25.4. The molecule has 0 fully saturated rings. The van der Waals surface area contributed by atoms with Crippen LogP contribution >= 0.6 is 0 Å². The normalized spacial score (nSPS) is 11.1. The number of rotatable bonds is 13. The van der Waals surface area contributed by atoms with Crippen molar-refractivity contribution >= 4 is 39.8 Å². The van der Waals surface area contributed by atoms with Gasteiger partial charge in [0.2, 0.25) is 5.95 Å². The minimum absolute atomic E-state index is 0.122. The maximum atomic E-state index is 13.1. The van der Waals surface area contributed by atoms with Gasteiger partial charge in [0.25, 0.3) is 5.91 Å². The van der Waals surface area contributed by atoms with E-state index in [-0.39, 0.29) is 18.2 Å². The molecule has 0 radical (unpaired) electrons. The van der Waals surface area contributed by atoms with Gasteiger partial charge in [0.1, 0.15) is 17.8 Å². The largest absolute Gasteiger partial charge is 0.494 e. The van der Waals surface area contributed by atoms with Crippen LogP contribution in [0, 0.1) is 0 Å². The van der Waals surface area contributed by atoms with Crippen LogP contribution in [0.5, 0.6) is 5.75 Å². The van der Waals surface area contributed by atoms with Crippen LogP contribution in [0.1, 0.15) is 16.9 Å². The Labute approximate surface area is 256 Å². The first kappa shape index (κ1) is 30.4. The van der Waals surface area contributed by atoms with Crippen LogP contribution in [0.2, 0.25) is 0 Å². The fraction of sp³-hybridized carbons (Fsp3) is 0.281. The summed E-state index contributed by atoms with van der Waals surface area (Å²) in [7, 11) is 7.59. The average molecular weight is 596 g/mol. The van der Waals surface area contributed by atoms with Gasteiger partial charge >= 0.3 is 0 Å². The molecule has 3 N–H and O–H groups in total. The fourth-order valence-electron chi connectivity index (χ4n) is 4.90. The smallest absolute Gasteiger partial charge is 0.274 e. The molecule has 12 heteroatoms. The standard InChI is InChI=1S/C32H37N9O3/c1-39(2)15-16-40(3)29-19-30(44-4)27(18-26(29)36-31(43)25-10-12-33-21-35-25)38-32-34-13-11-24(37-32)23-20-41(14-7-17-42)28-9-6-5-8-22(23)28/h5-6,8-13,18-21,42H,7,14-17H2,1-4H3,(H,36,43)(H,34,37,38). The number of fused-ring (bicyclic) bond motifs is 1. The Morgan fingerprint density at radius 1 is 1.02 bits per heavy atom. The molecule has 5 aromatic rings. The second-order valence-electron chi connectivity index (χ2n) is 10.6. The zero-order valence-electron chi connectivity index (χ0n) is 25.4. The second-order valence-corrected chi connectivity index (χ2v) is 10.6. The van der Waals surface area contributed by atoms with Crippen molar-refractivity contribution in [3.8, 4) is 17.0 Å². The molecule has 5 rings (SSSR count). The highest BCUT2D eigenvalue weighted by Gasteiger charge is 2.19. The number of hydrogen-bond acceptors (Lipinski definition) is 10. The highest BCUT2D eigenvalue weighted by molar-refractivity contribution is 6.05. The van der Waals surface area contributed by atoms with E-state index in [0.29, 0.717) is 36.0 Å². The first-order valence-electron chi connectivity index (χ1n) is 14.3. The second kappa shape index (κ2) is 13.9. The van der Waals surface area contributed by atoms with E-state index in [1.807, 2.05) is 51.5 Å². The van der Waals surface area contributed by atoms with E-state index in [1.54, 1.807) is 19.4 Å². The molecule has 12 nitrogen and oxygen atoms in total. The summed E-state index contributed by atoms with van der Waals surface area (Å²) in [6.45, 7) is 2.35. The van der Waals surface area contributed by atoms with Crippen LogP contribution < -0.4 is 20.3 Å². The van der Waals surface area contributed by atoms with Crippen molar-refractivity contribution < 1.29 is 14.6 Å². The Morgan fingerprint density at radius 3 is 2.61 bits per heavy atom. The molecular formula is C32H37N9O3. The van der Waals surface area contributed by atoms with Gasteiger partial charge in [-0.25, -0.2) is 19.9 Å². The average Bonchev–Trinajstić information content (AvgIpc) is 3.42. The van der Waals surface area contributed by atoms with Crippen molar-refractivity contribution in [3.05, 3.63) is 79.1 Å². The van der Waals surface area contributed by atoms with Gasteiger partial charge in [0, 0.05) is 74.4 Å². The minimum Gasteiger partial charge on any atom is -0.494 e. The van der Waals surface area contributed by atoms with E-state index in [9.17, 15) is 9.90 Å². The number of hydrogen-bond donors (Lipinski definition) is 3. The van der Waals surface area contributed by atoms with E-state index in [4.69, 9.17) is 9.72 Å². The molecule has 0 aliphatic carbocycles. The number of nitrogens with zero attached hydrogens (tertiary/aromatic N) is 7. The molecule has 0 saturated heterocycles. The lowest BCUT2D eigenvalue weighted by Gasteiger charge is -2.26. The Hall–Kier alpha value is -5.07. The van der Waals surface area contributed by atoms with Crippen molar-refractivity contribution in [3.63, 3.8) is 0 Å². The predicted octanol–water partition coefficient (Wildman–Crippen LogP) is 4.27. The lowest BCUT2D eigenvalue weighted by atomic mass is 10.1. The molecule has 228 valence electrons. The predicted molar refractivity (Wildman–Crippen MR) is 173 cm³/mol. The highest BCUT2D eigenvalue weighted by atomic mass is 16.5. The summed E-state index contributed by atoms with van der Waals surface area (Å²) in [6.07, 6.45) is 7.30. The highest BCUT2D eigenvalue weighted by Crippen LogP contribution is 2.38. The molecule has 2 aromatic carbocycles. The first-order chi connectivity index (χ1) is 21.4. The number of aliphatic hydroxyl groups excluding tert-OH is 1. The van der Waals surface area contributed by atoms with Crippen molar-refractivity contribution in [1.29, 1.82) is 0 Å². The van der Waals surface area contributed by atoms with Crippen LogP contribution in [0.15, 0.2) is 73.4 Å². The van der Waals surface area contributed by atoms with Gasteiger partial charge in [-0.05, 0) is 44.8 Å². The van der Waals surface area contributed by atoms with Crippen molar-refractivity contribution in [2.24, 2.45) is 0 Å². The number of ether oxygens (including phenoxy) is 1. The van der Waals surface area contributed by atoms with Gasteiger partial charge in [-0.15, -0.1) is 0 Å². The number of amides is 1. The van der Waals surface area contributed by atoms with Crippen LogP contribution in [0.3, 0.4) is 0 Å². The summed E-state index contributed by atoms with van der Waals surface area (Å²) < 4.78 is 7.92. The molecule has 3 heterocycles. The lowest BCUT2D eigenvalue weighted by Crippen LogP contribution is -2.29. The number of para-hydroxylation sites is 1. The summed E-state index contributed by atoms with van der Waals surface area (Å²) in [5.41, 5.74) is 4.97. The van der Waals surface area contributed by atoms with Gasteiger partial charge in [0.15, 0.2) is 0 Å². The number of aryl methyl sites for hydroxylation is 1. The number of anilines is 4. The van der Waals surface area contributed by atoms with Gasteiger partial charge < -0.3 is 34.8 Å². The molecule has 44 heavy (non-hydrogen) atoms. The van der Waals surface area contributed by atoms with Crippen LogP contribution in [-0.2, 0) is 6.54 Å². The molecule has 3 aromatic heterocycles. The molecule has 0 saturated carbocycles. The van der Waals surface area contributed by atoms with Crippen molar-refractivity contribution in [1.82, 2.24) is 29.4 Å². The van der Waals surface area contributed by atoms with Crippen LogP contribution in [0.4, 0.5) is 23.0 Å². The van der Waals surface area contributed by atoms with E-state index < -0.39 is 0 Å². The van der Waals surface area contributed by atoms with E-state index in [2.05, 4.69) is 58.3 Å². The quantitative estimate of drug-likeness (QED) is 0.181. The third-order valence-corrected chi connectivity index (χ3v) is 7.20. The Morgan fingerprint density at radius 2 is 1.86 bits per heavy atom. The van der Waals surface area contributed by atoms with Crippen molar-refractivity contribution in [2.75, 3.05) is 63.5 Å². The number of likely N-dealkylation sites (N-methyl/N-ethyl adjacent to an activating group) is 2. The molecule has 0 aliphatic rings. The number of carbonyl (C=O) groups is 1.